The zero-order valence-corrected chi connectivity index (χ0v) is 22.2. The molecule has 2 aliphatic heterocycles. The lowest BCUT2D eigenvalue weighted by Crippen LogP contribution is -2.36. The fraction of sp³-hybridized carbons (Fsp3) is 0.375. The maximum Gasteiger partial charge on any atom is 0.131 e. The van der Waals surface area contributed by atoms with Crippen molar-refractivity contribution in [2.75, 3.05) is 19.0 Å². The molecule has 0 atom stereocenters. The minimum atomic E-state index is -0.266. The van der Waals surface area contributed by atoms with E-state index in [1.54, 1.807) is 7.11 Å². The summed E-state index contributed by atoms with van der Waals surface area (Å²) in [6.07, 6.45) is 4.77. The third kappa shape index (κ3) is 4.23. The molecule has 3 aromatic carbocycles. The van der Waals surface area contributed by atoms with E-state index in [2.05, 4.69) is 69.4 Å². The summed E-state index contributed by atoms with van der Waals surface area (Å²) in [4.78, 5) is 0. The van der Waals surface area contributed by atoms with E-state index < -0.39 is 0 Å². The average molecular weight is 484 g/mol. The van der Waals surface area contributed by atoms with E-state index >= 15 is 0 Å². The standard InChI is InChI=1S/C32H37NO3/c1-6-7-8-11-19-35-26-14-10-9-13-23(26)31-21(2)29-24-20-36-28-16-12-15-27(34-5)30(28)22(24)17-18-25(29)33-32(31,3)4/h9-10,12-18,33H,6-8,11,19-20H2,1-5H3. The quantitative estimate of drug-likeness (QED) is 0.327. The van der Waals surface area contributed by atoms with Gasteiger partial charge in [0.25, 0.3) is 0 Å². The van der Waals surface area contributed by atoms with Gasteiger partial charge in [0.15, 0.2) is 0 Å². The van der Waals surface area contributed by atoms with Gasteiger partial charge in [-0.2, -0.15) is 0 Å². The van der Waals surface area contributed by atoms with E-state index in [-0.39, 0.29) is 5.54 Å². The van der Waals surface area contributed by atoms with E-state index in [1.165, 1.54) is 47.1 Å². The normalized spacial score (nSPS) is 15.2. The van der Waals surface area contributed by atoms with Crippen molar-refractivity contribution in [3.05, 3.63) is 71.3 Å². The fourth-order valence-electron chi connectivity index (χ4n) is 5.82. The highest BCUT2D eigenvalue weighted by molar-refractivity contribution is 6.04. The number of unbranched alkanes of at least 4 members (excludes halogenated alkanes) is 3. The second-order valence-corrected chi connectivity index (χ2v) is 10.3. The Bertz CT molecular complexity index is 1290. The van der Waals surface area contributed by atoms with Crippen LogP contribution in [0, 0.1) is 0 Å². The Hall–Kier alpha value is -3.40. The molecule has 1 N–H and O–H groups in total. The van der Waals surface area contributed by atoms with Crippen molar-refractivity contribution in [1.82, 2.24) is 0 Å². The van der Waals surface area contributed by atoms with Crippen LogP contribution >= 0.6 is 0 Å². The first kappa shape index (κ1) is 24.3. The number of rotatable bonds is 8. The number of hydrogen-bond donors (Lipinski definition) is 1. The predicted molar refractivity (Wildman–Crippen MR) is 149 cm³/mol. The molecule has 3 aromatic rings. The van der Waals surface area contributed by atoms with Crippen LogP contribution in [-0.4, -0.2) is 19.3 Å². The summed E-state index contributed by atoms with van der Waals surface area (Å²) < 4.78 is 18.3. The molecular weight excluding hydrogens is 446 g/mol. The van der Waals surface area contributed by atoms with Crippen molar-refractivity contribution in [3.63, 3.8) is 0 Å². The molecule has 0 spiro atoms. The number of benzene rings is 3. The maximum atomic E-state index is 6.35. The molecule has 0 fully saturated rings. The molecule has 0 radical (unpaired) electrons. The molecule has 0 amide bonds. The average Bonchev–Trinajstić information content (AvgIpc) is 2.87. The lowest BCUT2D eigenvalue weighted by atomic mass is 9.76. The number of fused-ring (bicyclic) bond motifs is 5. The first-order valence-electron chi connectivity index (χ1n) is 13.1. The zero-order chi connectivity index (χ0) is 25.3. The molecule has 188 valence electrons. The van der Waals surface area contributed by atoms with E-state index in [9.17, 15) is 0 Å². The largest absolute Gasteiger partial charge is 0.496 e. The molecule has 0 saturated carbocycles. The van der Waals surface area contributed by atoms with Crippen molar-refractivity contribution < 1.29 is 14.2 Å². The van der Waals surface area contributed by atoms with Gasteiger partial charge in [-0.15, -0.1) is 0 Å². The number of methoxy groups -OCH3 is 1. The predicted octanol–water partition coefficient (Wildman–Crippen LogP) is 8.35. The highest BCUT2D eigenvalue weighted by Crippen LogP contribution is 2.52. The first-order valence-corrected chi connectivity index (χ1v) is 13.1. The summed E-state index contributed by atoms with van der Waals surface area (Å²) in [5.74, 6) is 2.66. The molecule has 2 heterocycles. The van der Waals surface area contributed by atoms with Gasteiger partial charge in [-0.25, -0.2) is 0 Å². The number of anilines is 1. The van der Waals surface area contributed by atoms with Gasteiger partial charge >= 0.3 is 0 Å². The second kappa shape index (κ2) is 9.93. The zero-order valence-electron chi connectivity index (χ0n) is 22.2. The summed E-state index contributed by atoms with van der Waals surface area (Å²) >= 11 is 0. The van der Waals surface area contributed by atoms with Crippen molar-refractivity contribution in [2.24, 2.45) is 0 Å². The van der Waals surface area contributed by atoms with Crippen LogP contribution in [0.1, 0.15) is 70.1 Å². The number of ether oxygens (including phenoxy) is 3. The lowest BCUT2D eigenvalue weighted by Gasteiger charge is -2.40. The van der Waals surface area contributed by atoms with Gasteiger partial charge in [-0.3, -0.25) is 0 Å². The molecule has 0 bridgehead atoms. The third-order valence-corrected chi connectivity index (χ3v) is 7.40. The lowest BCUT2D eigenvalue weighted by molar-refractivity contribution is 0.299. The first-order chi connectivity index (χ1) is 17.5. The summed E-state index contributed by atoms with van der Waals surface area (Å²) in [5, 5.41) is 3.83. The van der Waals surface area contributed by atoms with Crippen LogP contribution in [0.4, 0.5) is 5.69 Å². The van der Waals surface area contributed by atoms with Crippen LogP contribution in [0.15, 0.2) is 54.6 Å². The minimum Gasteiger partial charge on any atom is -0.496 e. The van der Waals surface area contributed by atoms with Crippen LogP contribution in [-0.2, 0) is 6.61 Å². The van der Waals surface area contributed by atoms with Gasteiger partial charge < -0.3 is 19.5 Å². The maximum absolute atomic E-state index is 6.35. The molecule has 5 rings (SSSR count). The molecule has 4 heteroatoms. The number of allylic oxidation sites excluding steroid dienone is 1. The van der Waals surface area contributed by atoms with Gasteiger partial charge in [-0.1, -0.05) is 56.5 Å². The van der Waals surface area contributed by atoms with E-state index in [0.717, 1.165) is 47.1 Å². The van der Waals surface area contributed by atoms with Gasteiger partial charge in [0, 0.05) is 22.4 Å². The Balaban J connectivity index is 1.62. The molecular formula is C32H37NO3. The minimum absolute atomic E-state index is 0.266. The third-order valence-electron chi connectivity index (χ3n) is 7.40. The summed E-state index contributed by atoms with van der Waals surface area (Å²) in [7, 11) is 1.72. The Morgan fingerprint density at radius 3 is 2.50 bits per heavy atom. The van der Waals surface area contributed by atoms with Gasteiger partial charge in [-0.05, 0) is 68.2 Å². The summed E-state index contributed by atoms with van der Waals surface area (Å²) in [6, 6.07) is 18.9. The number of nitrogens with one attached hydrogen (secondary N) is 1. The molecule has 0 unspecified atom stereocenters. The monoisotopic (exact) mass is 483 g/mol. The van der Waals surface area contributed by atoms with E-state index in [1.807, 2.05) is 18.2 Å². The van der Waals surface area contributed by atoms with Crippen LogP contribution in [0.2, 0.25) is 0 Å². The fourth-order valence-corrected chi connectivity index (χ4v) is 5.82. The molecule has 4 nitrogen and oxygen atoms in total. The molecule has 0 aromatic heterocycles. The van der Waals surface area contributed by atoms with Crippen molar-refractivity contribution in [2.45, 2.75) is 65.5 Å². The van der Waals surface area contributed by atoms with Crippen LogP contribution in [0.5, 0.6) is 17.2 Å². The van der Waals surface area contributed by atoms with Gasteiger partial charge in [0.1, 0.15) is 23.9 Å². The van der Waals surface area contributed by atoms with E-state index in [4.69, 9.17) is 14.2 Å². The Kier molecular flexibility index (Phi) is 6.70. The molecule has 36 heavy (non-hydrogen) atoms. The van der Waals surface area contributed by atoms with Crippen molar-refractivity contribution in [1.29, 1.82) is 0 Å². The van der Waals surface area contributed by atoms with Gasteiger partial charge in [0.2, 0.25) is 0 Å². The Labute approximate surface area is 215 Å². The van der Waals surface area contributed by atoms with Crippen LogP contribution in [0.25, 0.3) is 22.3 Å². The topological polar surface area (TPSA) is 39.7 Å². The van der Waals surface area contributed by atoms with Gasteiger partial charge in [0.05, 0.1) is 24.8 Å². The summed E-state index contributed by atoms with van der Waals surface area (Å²) in [5.41, 5.74) is 9.16. The van der Waals surface area contributed by atoms with Crippen molar-refractivity contribution >= 4 is 16.8 Å². The van der Waals surface area contributed by atoms with Crippen LogP contribution in [0.3, 0.4) is 0 Å². The SMILES string of the molecule is CCCCCCOc1ccccc1C1=C(C)c2c(ccc3c2COc2cccc(OC)c2-3)NC1(C)C. The Morgan fingerprint density at radius 2 is 1.69 bits per heavy atom. The Morgan fingerprint density at radius 1 is 0.889 bits per heavy atom. The second-order valence-electron chi connectivity index (χ2n) is 10.3. The molecule has 2 aliphatic rings. The van der Waals surface area contributed by atoms with E-state index in [0.29, 0.717) is 6.61 Å². The smallest absolute Gasteiger partial charge is 0.131 e. The molecule has 0 saturated heterocycles. The highest BCUT2D eigenvalue weighted by Gasteiger charge is 2.36. The van der Waals surface area contributed by atoms with Crippen molar-refractivity contribution in [3.8, 4) is 28.4 Å². The summed E-state index contributed by atoms with van der Waals surface area (Å²) in [6.45, 7) is 10.3. The number of hydrogen-bond acceptors (Lipinski definition) is 4. The molecule has 0 aliphatic carbocycles. The highest BCUT2D eigenvalue weighted by atomic mass is 16.5. The van der Waals surface area contributed by atoms with Crippen LogP contribution < -0.4 is 19.5 Å². The number of para-hydroxylation sites is 1.